The smallest absolute Gasteiger partial charge is 0.233 e. The summed E-state index contributed by atoms with van der Waals surface area (Å²) in [6, 6.07) is 0. The maximum Gasteiger partial charge on any atom is 0.233 e. The molecule has 1 aliphatic carbocycles. The van der Waals surface area contributed by atoms with E-state index in [0.29, 0.717) is 19.4 Å². The molecule has 1 fully saturated rings. The van der Waals surface area contributed by atoms with Crippen LogP contribution in [0.4, 0.5) is 0 Å². The van der Waals surface area contributed by atoms with Gasteiger partial charge in [0.05, 0.1) is 5.75 Å². The van der Waals surface area contributed by atoms with Crippen LogP contribution < -0.4 is 15.8 Å². The van der Waals surface area contributed by atoms with Crippen LogP contribution >= 0.6 is 0 Å². The molecule has 1 amide bonds. The van der Waals surface area contributed by atoms with Crippen molar-refractivity contribution in [3.05, 3.63) is 0 Å². The Labute approximate surface area is 125 Å². The minimum Gasteiger partial charge on any atom is -0.409 e. The van der Waals surface area contributed by atoms with Gasteiger partial charge in [-0.15, -0.1) is 0 Å². The number of hydrogen-bond acceptors (Lipinski definition) is 5. The van der Waals surface area contributed by atoms with E-state index in [-0.39, 0.29) is 24.0 Å². The summed E-state index contributed by atoms with van der Waals surface area (Å²) in [5.41, 5.74) is 4.68. The van der Waals surface area contributed by atoms with E-state index < -0.39 is 15.4 Å². The highest BCUT2D eigenvalue weighted by molar-refractivity contribution is 7.89. The summed E-state index contributed by atoms with van der Waals surface area (Å²) in [4.78, 5) is 12.4. The first-order valence-electron chi connectivity index (χ1n) is 7.11. The van der Waals surface area contributed by atoms with Crippen molar-refractivity contribution in [1.29, 1.82) is 0 Å². The van der Waals surface area contributed by atoms with Crippen molar-refractivity contribution in [1.82, 2.24) is 10.0 Å². The van der Waals surface area contributed by atoms with E-state index in [1.165, 1.54) is 0 Å². The van der Waals surface area contributed by atoms with Crippen molar-refractivity contribution in [2.24, 2.45) is 16.3 Å². The van der Waals surface area contributed by atoms with E-state index in [2.05, 4.69) is 15.2 Å². The Morgan fingerprint density at radius 1 is 1.33 bits per heavy atom. The Bertz CT molecular complexity index is 483. The molecule has 1 saturated carbocycles. The molecule has 0 aliphatic heterocycles. The van der Waals surface area contributed by atoms with Crippen LogP contribution in [0.15, 0.2) is 5.16 Å². The van der Waals surface area contributed by atoms with Gasteiger partial charge < -0.3 is 16.3 Å². The second-order valence-electron chi connectivity index (χ2n) is 5.20. The predicted octanol–water partition coefficient (Wildman–Crippen LogP) is -0.261. The number of carbonyl (C=O) groups is 1. The number of amides is 1. The quantitative estimate of drug-likeness (QED) is 0.222. The Kier molecular flexibility index (Phi) is 6.41. The van der Waals surface area contributed by atoms with Gasteiger partial charge in [0, 0.05) is 13.1 Å². The molecule has 21 heavy (non-hydrogen) atoms. The summed E-state index contributed by atoms with van der Waals surface area (Å²) in [5.74, 6) is -0.669. The first kappa shape index (κ1) is 17.7. The van der Waals surface area contributed by atoms with Crippen LogP contribution in [0.5, 0.6) is 0 Å². The average molecular weight is 320 g/mol. The van der Waals surface area contributed by atoms with Crippen molar-refractivity contribution in [2.45, 2.75) is 39.0 Å². The highest BCUT2D eigenvalue weighted by Crippen LogP contribution is 2.36. The van der Waals surface area contributed by atoms with E-state index in [4.69, 9.17) is 10.9 Å². The van der Waals surface area contributed by atoms with E-state index in [0.717, 1.165) is 19.3 Å². The number of oxime groups is 1. The molecule has 9 heteroatoms. The molecule has 1 aliphatic rings. The molecule has 0 aromatic rings. The lowest BCUT2D eigenvalue weighted by atomic mass is 9.72. The zero-order valence-corrected chi connectivity index (χ0v) is 13.1. The van der Waals surface area contributed by atoms with Gasteiger partial charge in [-0.05, 0) is 12.8 Å². The molecule has 0 atom stereocenters. The second-order valence-corrected chi connectivity index (χ2v) is 7.13. The first-order valence-corrected chi connectivity index (χ1v) is 8.77. The van der Waals surface area contributed by atoms with Gasteiger partial charge in [0.25, 0.3) is 0 Å². The van der Waals surface area contributed by atoms with Crippen molar-refractivity contribution < 1.29 is 18.4 Å². The summed E-state index contributed by atoms with van der Waals surface area (Å²) < 4.78 is 25.4. The molecule has 0 unspecified atom stereocenters. The summed E-state index contributed by atoms with van der Waals surface area (Å²) in [6.07, 6.45) is 3.66. The number of hydrogen-bond donors (Lipinski definition) is 4. The molecule has 0 saturated heterocycles. The second kappa shape index (κ2) is 7.60. The van der Waals surface area contributed by atoms with Crippen molar-refractivity contribution in [2.75, 3.05) is 18.8 Å². The fourth-order valence-corrected chi connectivity index (χ4v) is 3.57. The fourth-order valence-electron chi connectivity index (χ4n) is 2.61. The summed E-state index contributed by atoms with van der Waals surface area (Å²) in [6.45, 7) is 1.99. The van der Waals surface area contributed by atoms with Crippen molar-refractivity contribution in [3.63, 3.8) is 0 Å². The Morgan fingerprint density at radius 3 is 2.48 bits per heavy atom. The minimum atomic E-state index is -3.38. The molecule has 0 spiro atoms. The third-order valence-electron chi connectivity index (χ3n) is 3.76. The number of rotatable bonds is 7. The van der Waals surface area contributed by atoms with Gasteiger partial charge in [0.2, 0.25) is 15.9 Å². The van der Waals surface area contributed by atoms with Crippen LogP contribution in [0.1, 0.15) is 39.0 Å². The normalized spacial score (nSPS) is 19.2. The zero-order chi connectivity index (χ0) is 15.9. The van der Waals surface area contributed by atoms with Crippen LogP contribution in [-0.2, 0) is 14.8 Å². The van der Waals surface area contributed by atoms with E-state index in [9.17, 15) is 13.2 Å². The molecule has 0 aromatic heterocycles. The third-order valence-corrected chi connectivity index (χ3v) is 5.23. The zero-order valence-electron chi connectivity index (χ0n) is 12.3. The SMILES string of the molecule is CCNS(=O)(=O)CCNC(=O)C1(C(N)=NO)CCCCC1. The van der Waals surface area contributed by atoms with E-state index in [1.807, 2.05) is 0 Å². The summed E-state index contributed by atoms with van der Waals surface area (Å²) >= 11 is 0. The number of carbonyl (C=O) groups excluding carboxylic acids is 1. The van der Waals surface area contributed by atoms with Crippen molar-refractivity contribution in [3.8, 4) is 0 Å². The highest BCUT2D eigenvalue weighted by atomic mass is 32.2. The Morgan fingerprint density at radius 2 is 1.95 bits per heavy atom. The van der Waals surface area contributed by atoms with Crippen LogP contribution in [0.3, 0.4) is 0 Å². The minimum absolute atomic E-state index is 0.00533. The van der Waals surface area contributed by atoms with Crippen LogP contribution in [0, 0.1) is 5.41 Å². The molecule has 0 radical (unpaired) electrons. The largest absolute Gasteiger partial charge is 0.409 e. The molecule has 0 aromatic carbocycles. The summed E-state index contributed by atoms with van der Waals surface area (Å²) in [5, 5.41) is 14.5. The molecule has 0 heterocycles. The van der Waals surface area contributed by atoms with E-state index in [1.54, 1.807) is 6.92 Å². The highest BCUT2D eigenvalue weighted by Gasteiger charge is 2.43. The van der Waals surface area contributed by atoms with Gasteiger partial charge in [0.15, 0.2) is 5.84 Å². The number of nitrogens with zero attached hydrogens (tertiary/aromatic N) is 1. The topological polar surface area (TPSA) is 134 Å². The lowest BCUT2D eigenvalue weighted by Crippen LogP contribution is -2.51. The van der Waals surface area contributed by atoms with Crippen LogP contribution in [0.25, 0.3) is 0 Å². The number of amidine groups is 1. The van der Waals surface area contributed by atoms with Gasteiger partial charge in [0.1, 0.15) is 5.41 Å². The van der Waals surface area contributed by atoms with Gasteiger partial charge in [-0.25, -0.2) is 13.1 Å². The third kappa shape index (κ3) is 4.57. The lowest BCUT2D eigenvalue weighted by molar-refractivity contribution is -0.128. The predicted molar refractivity (Wildman–Crippen MR) is 79.4 cm³/mol. The fraction of sp³-hybridized carbons (Fsp3) is 0.833. The first-order chi connectivity index (χ1) is 9.88. The molecule has 122 valence electrons. The van der Waals surface area contributed by atoms with Gasteiger partial charge >= 0.3 is 0 Å². The van der Waals surface area contributed by atoms with Crippen molar-refractivity contribution >= 4 is 21.8 Å². The van der Waals surface area contributed by atoms with Gasteiger partial charge in [-0.3, -0.25) is 4.79 Å². The summed E-state index contributed by atoms with van der Waals surface area (Å²) in [7, 11) is -3.38. The standard InChI is InChI=1S/C12H24N4O4S/c1-2-15-21(19,20)9-8-14-11(17)12(10(13)16-18)6-4-3-5-7-12/h15,18H,2-9H2,1H3,(H2,13,16)(H,14,17). The molecule has 1 rings (SSSR count). The molecular formula is C12H24N4O4S. The molecule has 5 N–H and O–H groups in total. The Balaban J connectivity index is 2.67. The average Bonchev–Trinajstić information content (AvgIpc) is 2.46. The van der Waals surface area contributed by atoms with Gasteiger partial charge in [-0.1, -0.05) is 31.3 Å². The van der Waals surface area contributed by atoms with Gasteiger partial charge in [-0.2, -0.15) is 0 Å². The monoisotopic (exact) mass is 320 g/mol. The number of nitrogens with two attached hydrogens (primary N) is 1. The van der Waals surface area contributed by atoms with Crippen LogP contribution in [-0.4, -0.2) is 44.2 Å². The maximum atomic E-state index is 12.4. The lowest BCUT2D eigenvalue weighted by Gasteiger charge is -2.34. The molecular weight excluding hydrogens is 296 g/mol. The molecule has 8 nitrogen and oxygen atoms in total. The van der Waals surface area contributed by atoms with E-state index >= 15 is 0 Å². The maximum absolute atomic E-state index is 12.4. The number of sulfonamides is 1. The molecule has 0 bridgehead atoms. The van der Waals surface area contributed by atoms with Crippen LogP contribution in [0.2, 0.25) is 0 Å². The number of nitrogens with one attached hydrogen (secondary N) is 2. The Hall–Kier alpha value is -1.35.